The van der Waals surface area contributed by atoms with Gasteiger partial charge in [0, 0.05) is 11.9 Å². The molecule has 0 amide bonds. The molecule has 1 heterocycles. The molecule has 23 heavy (non-hydrogen) atoms. The summed E-state index contributed by atoms with van der Waals surface area (Å²) < 4.78 is 1.46. The van der Waals surface area contributed by atoms with Gasteiger partial charge in [-0.1, -0.05) is 30.3 Å². The largest absolute Gasteiger partial charge is 0.283 e. The van der Waals surface area contributed by atoms with Crippen LogP contribution in [0.2, 0.25) is 0 Å². The summed E-state index contributed by atoms with van der Waals surface area (Å²) in [5, 5.41) is 14.6. The van der Waals surface area contributed by atoms with Crippen molar-refractivity contribution in [1.29, 1.82) is 5.26 Å². The van der Waals surface area contributed by atoms with Crippen molar-refractivity contribution >= 4 is 10.8 Å². The van der Waals surface area contributed by atoms with E-state index in [-0.39, 0.29) is 5.56 Å². The van der Waals surface area contributed by atoms with Crippen LogP contribution in [0.1, 0.15) is 11.1 Å². The quantitative estimate of drug-likeness (QED) is 0.742. The van der Waals surface area contributed by atoms with Gasteiger partial charge in [0.05, 0.1) is 29.9 Å². The highest BCUT2D eigenvalue weighted by atomic mass is 16.1. The monoisotopic (exact) mass is 304 g/mol. The minimum absolute atomic E-state index is 0.0882. The smallest absolute Gasteiger partial charge is 0.275 e. The zero-order valence-corrected chi connectivity index (χ0v) is 12.8. The molecule has 0 atom stereocenters. The van der Waals surface area contributed by atoms with E-state index in [2.05, 4.69) is 11.2 Å². The fraction of sp³-hybridized carbons (Fsp3) is 0.167. The van der Waals surface area contributed by atoms with Crippen LogP contribution in [0, 0.1) is 11.3 Å². The summed E-state index contributed by atoms with van der Waals surface area (Å²) in [6.07, 6.45) is 1.71. The van der Waals surface area contributed by atoms with Crippen molar-refractivity contribution < 1.29 is 0 Å². The van der Waals surface area contributed by atoms with Crippen LogP contribution in [-0.4, -0.2) is 21.7 Å². The first-order valence-corrected chi connectivity index (χ1v) is 7.30. The predicted octanol–water partition coefficient (Wildman–Crippen LogP) is 2.36. The van der Waals surface area contributed by atoms with Crippen molar-refractivity contribution in [2.24, 2.45) is 0 Å². The van der Waals surface area contributed by atoms with Gasteiger partial charge in [0.25, 0.3) is 5.56 Å². The molecule has 0 radical (unpaired) electrons. The SMILES string of the molecule is CN(Cc1ccc(C#N)cc1)Cn1ncc2ccccc2c1=O. The molecule has 5 heteroatoms. The van der Waals surface area contributed by atoms with Crippen molar-refractivity contribution in [3.63, 3.8) is 0 Å². The van der Waals surface area contributed by atoms with Crippen LogP contribution in [0.15, 0.2) is 59.5 Å². The highest BCUT2D eigenvalue weighted by Crippen LogP contribution is 2.08. The van der Waals surface area contributed by atoms with Crippen LogP contribution in [0.4, 0.5) is 0 Å². The van der Waals surface area contributed by atoms with Gasteiger partial charge in [0.2, 0.25) is 0 Å². The van der Waals surface area contributed by atoms with Crippen LogP contribution in [0.3, 0.4) is 0 Å². The Morgan fingerprint density at radius 2 is 1.91 bits per heavy atom. The van der Waals surface area contributed by atoms with Crippen LogP contribution in [-0.2, 0) is 13.2 Å². The Morgan fingerprint density at radius 1 is 1.17 bits per heavy atom. The maximum Gasteiger partial charge on any atom is 0.275 e. The third-order valence-corrected chi connectivity index (χ3v) is 3.67. The summed E-state index contributed by atoms with van der Waals surface area (Å²) in [7, 11) is 1.93. The van der Waals surface area contributed by atoms with E-state index in [1.54, 1.807) is 18.3 Å². The molecular weight excluding hydrogens is 288 g/mol. The maximum absolute atomic E-state index is 12.4. The number of rotatable bonds is 4. The number of hydrogen-bond acceptors (Lipinski definition) is 4. The Bertz CT molecular complexity index is 922. The molecule has 114 valence electrons. The standard InChI is InChI=1S/C18H16N4O/c1-21(12-15-8-6-14(10-19)7-9-15)13-22-18(23)17-5-3-2-4-16(17)11-20-22/h2-9,11H,12-13H2,1H3. The van der Waals surface area contributed by atoms with Crippen molar-refractivity contribution in [3.8, 4) is 6.07 Å². The van der Waals surface area contributed by atoms with E-state index in [1.165, 1.54) is 4.68 Å². The van der Waals surface area contributed by atoms with E-state index in [4.69, 9.17) is 5.26 Å². The Kier molecular flexibility index (Phi) is 4.18. The van der Waals surface area contributed by atoms with E-state index in [9.17, 15) is 4.79 Å². The molecule has 3 aromatic rings. The lowest BCUT2D eigenvalue weighted by Gasteiger charge is -2.17. The zero-order chi connectivity index (χ0) is 16.2. The average Bonchev–Trinajstić information content (AvgIpc) is 2.58. The molecule has 0 saturated heterocycles. The van der Waals surface area contributed by atoms with Gasteiger partial charge in [0.15, 0.2) is 0 Å². The van der Waals surface area contributed by atoms with Gasteiger partial charge >= 0.3 is 0 Å². The molecule has 0 spiro atoms. The zero-order valence-electron chi connectivity index (χ0n) is 12.8. The summed E-state index contributed by atoms with van der Waals surface area (Å²) in [6.45, 7) is 1.08. The van der Waals surface area contributed by atoms with Gasteiger partial charge < -0.3 is 0 Å². The number of aromatic nitrogens is 2. The average molecular weight is 304 g/mol. The summed E-state index contributed by atoms with van der Waals surface area (Å²) in [5.74, 6) is 0. The fourth-order valence-electron chi connectivity index (χ4n) is 2.50. The molecule has 0 aliphatic carbocycles. The van der Waals surface area contributed by atoms with Gasteiger partial charge in [-0.3, -0.25) is 9.69 Å². The molecule has 0 saturated carbocycles. The van der Waals surface area contributed by atoms with E-state index < -0.39 is 0 Å². The highest BCUT2D eigenvalue weighted by molar-refractivity contribution is 5.80. The number of nitrogens with zero attached hydrogens (tertiary/aromatic N) is 4. The molecule has 1 aromatic heterocycles. The van der Waals surface area contributed by atoms with Crippen molar-refractivity contribution in [2.45, 2.75) is 13.2 Å². The van der Waals surface area contributed by atoms with Gasteiger partial charge in [-0.05, 0) is 30.8 Å². The predicted molar refractivity (Wildman–Crippen MR) is 88.6 cm³/mol. The number of nitriles is 1. The summed E-state index contributed by atoms with van der Waals surface area (Å²) in [6, 6.07) is 17.0. The van der Waals surface area contributed by atoms with Crippen LogP contribution >= 0.6 is 0 Å². The second-order valence-electron chi connectivity index (χ2n) is 5.50. The van der Waals surface area contributed by atoms with Gasteiger partial charge in [-0.15, -0.1) is 0 Å². The third-order valence-electron chi connectivity index (χ3n) is 3.67. The molecule has 0 aliphatic heterocycles. The summed E-state index contributed by atoms with van der Waals surface area (Å²) in [5.41, 5.74) is 1.64. The van der Waals surface area contributed by atoms with E-state index in [0.717, 1.165) is 10.9 Å². The second-order valence-corrected chi connectivity index (χ2v) is 5.50. The Hall–Kier alpha value is -2.97. The lowest BCUT2D eigenvalue weighted by molar-refractivity contribution is 0.241. The maximum atomic E-state index is 12.4. The summed E-state index contributed by atoms with van der Waals surface area (Å²) >= 11 is 0. The number of fused-ring (bicyclic) bond motifs is 1. The van der Waals surface area contributed by atoms with Crippen molar-refractivity contribution in [1.82, 2.24) is 14.7 Å². The van der Waals surface area contributed by atoms with E-state index in [0.29, 0.717) is 24.2 Å². The van der Waals surface area contributed by atoms with Gasteiger partial charge in [-0.2, -0.15) is 10.4 Å². The number of benzene rings is 2. The Morgan fingerprint density at radius 3 is 2.65 bits per heavy atom. The molecule has 0 aliphatic rings. The van der Waals surface area contributed by atoms with Gasteiger partial charge in [-0.25, -0.2) is 4.68 Å². The lowest BCUT2D eigenvalue weighted by Crippen LogP contribution is -2.31. The van der Waals surface area contributed by atoms with Gasteiger partial charge in [0.1, 0.15) is 0 Å². The van der Waals surface area contributed by atoms with Crippen molar-refractivity contribution in [3.05, 3.63) is 76.2 Å². The minimum atomic E-state index is -0.0882. The minimum Gasteiger partial charge on any atom is -0.283 e. The topological polar surface area (TPSA) is 61.9 Å². The van der Waals surface area contributed by atoms with Crippen LogP contribution in [0.25, 0.3) is 10.8 Å². The normalized spacial score (nSPS) is 10.8. The second kappa shape index (κ2) is 6.42. The van der Waals surface area contributed by atoms with Crippen LogP contribution < -0.4 is 5.56 Å². The Labute approximate surface area is 134 Å². The molecule has 3 rings (SSSR count). The van der Waals surface area contributed by atoms with E-state index >= 15 is 0 Å². The molecule has 0 unspecified atom stereocenters. The van der Waals surface area contributed by atoms with E-state index in [1.807, 2.05) is 48.3 Å². The highest BCUT2D eigenvalue weighted by Gasteiger charge is 2.07. The number of hydrogen-bond donors (Lipinski definition) is 0. The van der Waals surface area contributed by atoms with Crippen molar-refractivity contribution in [2.75, 3.05) is 7.05 Å². The molecule has 0 bridgehead atoms. The molecule has 0 fully saturated rings. The first-order valence-electron chi connectivity index (χ1n) is 7.30. The third kappa shape index (κ3) is 3.28. The molecular formula is C18H16N4O. The van der Waals surface area contributed by atoms with Crippen LogP contribution in [0.5, 0.6) is 0 Å². The summed E-state index contributed by atoms with van der Waals surface area (Å²) in [4.78, 5) is 14.4. The first-order chi connectivity index (χ1) is 11.2. The molecule has 2 aromatic carbocycles. The molecule has 5 nitrogen and oxygen atoms in total. The lowest BCUT2D eigenvalue weighted by atomic mass is 10.1. The fourth-order valence-corrected chi connectivity index (χ4v) is 2.50. The first kappa shape index (κ1) is 14.9. The Balaban J connectivity index is 1.77. The molecule has 0 N–H and O–H groups in total.